The molecule has 0 N–H and O–H groups in total. The molecule has 1 heterocycles. The zero-order valence-corrected chi connectivity index (χ0v) is 20.0. The molecular formula is C29H25NOP2. The first-order valence-corrected chi connectivity index (χ1v) is 13.6. The molecule has 4 aromatic carbocycles. The van der Waals surface area contributed by atoms with Crippen LogP contribution < -0.4 is 21.2 Å². The van der Waals surface area contributed by atoms with Crippen LogP contribution in [0.4, 0.5) is 0 Å². The van der Waals surface area contributed by atoms with Gasteiger partial charge in [0.05, 0.1) is 12.8 Å². The summed E-state index contributed by atoms with van der Waals surface area (Å²) in [5.74, 6) is 0.980. The van der Waals surface area contributed by atoms with Crippen molar-refractivity contribution in [2.24, 2.45) is 0 Å². The topological polar surface area (TPSA) is 16.4 Å². The Balaban J connectivity index is 1.72. The predicted octanol–water partition coefficient (Wildman–Crippen LogP) is 6.18. The summed E-state index contributed by atoms with van der Waals surface area (Å²) >= 11 is 0. The summed E-state index contributed by atoms with van der Waals surface area (Å²) < 4.78 is 8.57. The molecule has 0 fully saturated rings. The maximum atomic E-state index is 5.89. The van der Waals surface area contributed by atoms with Gasteiger partial charge in [-0.2, -0.15) is 0 Å². The average molecular weight is 465 g/mol. The van der Waals surface area contributed by atoms with Gasteiger partial charge in [-0.25, -0.2) is 4.44 Å². The minimum Gasteiger partial charge on any atom is -0.468 e. The van der Waals surface area contributed by atoms with E-state index in [-0.39, 0.29) is 0 Å². The van der Waals surface area contributed by atoms with Crippen LogP contribution >= 0.6 is 16.1 Å². The summed E-state index contributed by atoms with van der Waals surface area (Å²) in [6, 6.07) is 47.7. The molecule has 0 saturated carbocycles. The Hall–Kier alpha value is -3.02. The van der Waals surface area contributed by atoms with Gasteiger partial charge in [0, 0.05) is 16.1 Å². The molecule has 0 aliphatic carbocycles. The van der Waals surface area contributed by atoms with E-state index in [1.165, 1.54) is 21.2 Å². The number of hydrogen-bond acceptors (Lipinski definition) is 2. The maximum absolute atomic E-state index is 5.89. The maximum Gasteiger partial charge on any atom is 0.118 e. The SMILES string of the molecule is c1ccc(P(c2ccccc2)N(Cc2ccco2)P(c2ccccc2)c2ccccc2)cc1. The fourth-order valence-electron chi connectivity index (χ4n) is 3.88. The Morgan fingerprint density at radius 2 is 0.818 bits per heavy atom. The fraction of sp³-hybridized carbons (Fsp3) is 0.0345. The smallest absolute Gasteiger partial charge is 0.118 e. The van der Waals surface area contributed by atoms with Crippen molar-refractivity contribution < 1.29 is 4.42 Å². The van der Waals surface area contributed by atoms with Crippen molar-refractivity contribution in [3.8, 4) is 0 Å². The van der Waals surface area contributed by atoms with Crippen molar-refractivity contribution in [1.29, 1.82) is 0 Å². The molecule has 1 aromatic heterocycles. The number of rotatable bonds is 8. The van der Waals surface area contributed by atoms with Crippen molar-refractivity contribution in [1.82, 2.24) is 4.44 Å². The Bertz CT molecular complexity index is 1070. The lowest BCUT2D eigenvalue weighted by Gasteiger charge is -2.38. The number of furan rings is 1. The minimum atomic E-state index is -0.804. The first-order chi connectivity index (χ1) is 16.4. The summed E-state index contributed by atoms with van der Waals surface area (Å²) in [4.78, 5) is 0. The van der Waals surface area contributed by atoms with Crippen molar-refractivity contribution in [3.63, 3.8) is 0 Å². The fourth-order valence-corrected chi connectivity index (χ4v) is 9.88. The van der Waals surface area contributed by atoms with Gasteiger partial charge in [-0.1, -0.05) is 121 Å². The van der Waals surface area contributed by atoms with E-state index in [1.807, 2.05) is 6.07 Å². The van der Waals surface area contributed by atoms with Gasteiger partial charge in [-0.3, -0.25) is 0 Å². The lowest BCUT2D eigenvalue weighted by atomic mass is 10.4. The molecule has 2 nitrogen and oxygen atoms in total. The summed E-state index contributed by atoms with van der Waals surface area (Å²) in [7, 11) is -1.61. The van der Waals surface area contributed by atoms with Crippen molar-refractivity contribution in [3.05, 3.63) is 145 Å². The summed E-state index contributed by atoms with van der Waals surface area (Å²) in [5, 5.41) is 5.35. The van der Waals surface area contributed by atoms with Crippen LogP contribution in [-0.2, 0) is 6.54 Å². The summed E-state index contributed by atoms with van der Waals surface area (Å²) in [6.45, 7) is 0.734. The average Bonchev–Trinajstić information content (AvgIpc) is 3.40. The molecule has 0 spiro atoms. The Morgan fingerprint density at radius 1 is 0.455 bits per heavy atom. The number of nitrogens with zero attached hydrogens (tertiary/aromatic N) is 1. The zero-order chi connectivity index (χ0) is 22.3. The second-order valence-corrected chi connectivity index (χ2v) is 12.2. The molecule has 5 rings (SSSR count). The highest BCUT2D eigenvalue weighted by Crippen LogP contribution is 2.55. The predicted molar refractivity (Wildman–Crippen MR) is 142 cm³/mol. The number of benzene rings is 4. The molecule has 0 aliphatic rings. The lowest BCUT2D eigenvalue weighted by molar-refractivity contribution is 0.477. The third-order valence-electron chi connectivity index (χ3n) is 5.34. The monoisotopic (exact) mass is 465 g/mol. The highest BCUT2D eigenvalue weighted by Gasteiger charge is 2.32. The number of hydrogen-bond donors (Lipinski definition) is 0. The minimum absolute atomic E-state index is 0.734. The van der Waals surface area contributed by atoms with E-state index in [1.54, 1.807) is 6.26 Å². The molecule has 33 heavy (non-hydrogen) atoms. The van der Waals surface area contributed by atoms with E-state index in [0.717, 1.165) is 12.3 Å². The third-order valence-corrected chi connectivity index (χ3v) is 10.8. The molecule has 0 aliphatic heterocycles. The molecule has 0 saturated heterocycles. The van der Waals surface area contributed by atoms with Crippen LogP contribution in [0, 0.1) is 0 Å². The Kier molecular flexibility index (Phi) is 7.09. The van der Waals surface area contributed by atoms with Crippen LogP contribution in [-0.4, -0.2) is 4.44 Å². The summed E-state index contributed by atoms with van der Waals surface area (Å²) in [6.07, 6.45) is 1.77. The molecule has 0 amide bonds. The standard InChI is InChI=1S/C29H25NOP2/c1-5-15-26(16-6-1)32(27-17-7-2-8-18-27)30(24-25-14-13-23-31-25)33(28-19-9-3-10-20-28)29-21-11-4-12-22-29/h1-23H,24H2. The quantitative estimate of drug-likeness (QED) is 0.255. The molecule has 0 radical (unpaired) electrons. The van der Waals surface area contributed by atoms with Gasteiger partial charge in [0.25, 0.3) is 0 Å². The van der Waals surface area contributed by atoms with Gasteiger partial charge in [0.15, 0.2) is 0 Å². The molecule has 0 bridgehead atoms. The normalized spacial score (nSPS) is 11.4. The molecule has 0 atom stereocenters. The molecule has 5 aromatic rings. The molecule has 4 heteroatoms. The van der Waals surface area contributed by atoms with Gasteiger partial charge < -0.3 is 4.42 Å². The van der Waals surface area contributed by atoms with Gasteiger partial charge in [0.2, 0.25) is 0 Å². The second kappa shape index (κ2) is 10.7. The largest absolute Gasteiger partial charge is 0.468 e. The van der Waals surface area contributed by atoms with Crippen LogP contribution in [0.25, 0.3) is 0 Å². The third kappa shape index (κ3) is 5.15. The van der Waals surface area contributed by atoms with E-state index >= 15 is 0 Å². The van der Waals surface area contributed by atoms with Crippen molar-refractivity contribution in [2.75, 3.05) is 0 Å². The van der Waals surface area contributed by atoms with Gasteiger partial charge >= 0.3 is 0 Å². The first kappa shape index (κ1) is 21.8. The van der Waals surface area contributed by atoms with Gasteiger partial charge in [0.1, 0.15) is 5.76 Å². The highest BCUT2D eigenvalue weighted by molar-refractivity contribution is 7.84. The lowest BCUT2D eigenvalue weighted by Crippen LogP contribution is -2.31. The van der Waals surface area contributed by atoms with E-state index in [2.05, 4.69) is 132 Å². The molecule has 0 unspecified atom stereocenters. The van der Waals surface area contributed by atoms with E-state index in [9.17, 15) is 0 Å². The van der Waals surface area contributed by atoms with E-state index in [4.69, 9.17) is 4.42 Å². The van der Waals surface area contributed by atoms with Crippen LogP contribution in [0.15, 0.2) is 144 Å². The Labute approximate surface area is 198 Å². The Morgan fingerprint density at radius 3 is 1.12 bits per heavy atom. The van der Waals surface area contributed by atoms with E-state index < -0.39 is 16.1 Å². The van der Waals surface area contributed by atoms with Crippen LogP contribution in [0.3, 0.4) is 0 Å². The van der Waals surface area contributed by atoms with Crippen LogP contribution in [0.5, 0.6) is 0 Å². The van der Waals surface area contributed by atoms with Crippen LogP contribution in [0.1, 0.15) is 5.76 Å². The second-order valence-electron chi connectivity index (χ2n) is 7.58. The zero-order valence-electron chi connectivity index (χ0n) is 18.2. The first-order valence-electron chi connectivity index (χ1n) is 11.0. The van der Waals surface area contributed by atoms with Crippen molar-refractivity contribution >= 4 is 37.4 Å². The van der Waals surface area contributed by atoms with Crippen molar-refractivity contribution in [2.45, 2.75) is 6.54 Å². The highest BCUT2D eigenvalue weighted by atomic mass is 31.2. The van der Waals surface area contributed by atoms with E-state index in [0.29, 0.717) is 0 Å². The summed E-state index contributed by atoms with van der Waals surface area (Å²) in [5.41, 5.74) is 0. The molecule has 162 valence electrons. The van der Waals surface area contributed by atoms with Gasteiger partial charge in [-0.05, 0) is 33.4 Å². The van der Waals surface area contributed by atoms with Gasteiger partial charge in [-0.15, -0.1) is 0 Å². The van der Waals surface area contributed by atoms with Crippen LogP contribution in [0.2, 0.25) is 0 Å². The molecular weight excluding hydrogens is 440 g/mol.